The summed E-state index contributed by atoms with van der Waals surface area (Å²) in [6, 6.07) is 2.93. The van der Waals surface area contributed by atoms with Gasteiger partial charge in [0.2, 0.25) is 5.91 Å². The van der Waals surface area contributed by atoms with E-state index in [9.17, 15) is 9.59 Å². The second-order valence-corrected chi connectivity index (χ2v) is 4.78. The van der Waals surface area contributed by atoms with Crippen LogP contribution >= 0.6 is 24.0 Å². The SMILES string of the molecule is COc1cc(N)c(Cl)cc1C(=O)NCCC(=O)N(C)C.Cl. The molecule has 0 aliphatic heterocycles. The molecule has 0 atom stereocenters. The summed E-state index contributed by atoms with van der Waals surface area (Å²) in [7, 11) is 4.76. The molecule has 0 unspecified atom stereocenters. The van der Waals surface area contributed by atoms with Crippen molar-refractivity contribution in [1.29, 1.82) is 0 Å². The Balaban J connectivity index is 0.00000400. The van der Waals surface area contributed by atoms with Crippen LogP contribution in [0.1, 0.15) is 16.8 Å². The van der Waals surface area contributed by atoms with Gasteiger partial charge in [-0.2, -0.15) is 0 Å². The molecule has 0 aliphatic carbocycles. The van der Waals surface area contributed by atoms with E-state index < -0.39 is 0 Å². The van der Waals surface area contributed by atoms with Crippen LogP contribution in [0.4, 0.5) is 5.69 Å². The van der Waals surface area contributed by atoms with Crippen LogP contribution in [-0.4, -0.2) is 44.5 Å². The van der Waals surface area contributed by atoms with E-state index >= 15 is 0 Å². The molecular weight excluding hydrogens is 317 g/mol. The van der Waals surface area contributed by atoms with Gasteiger partial charge in [0.1, 0.15) is 5.75 Å². The van der Waals surface area contributed by atoms with E-state index in [0.717, 1.165) is 0 Å². The average molecular weight is 336 g/mol. The van der Waals surface area contributed by atoms with Crippen molar-refractivity contribution in [3.05, 3.63) is 22.7 Å². The zero-order chi connectivity index (χ0) is 15.3. The van der Waals surface area contributed by atoms with E-state index in [1.807, 2.05) is 0 Å². The smallest absolute Gasteiger partial charge is 0.255 e. The Morgan fingerprint density at radius 3 is 2.52 bits per heavy atom. The molecule has 0 heterocycles. The summed E-state index contributed by atoms with van der Waals surface area (Å²) in [6.45, 7) is 0.237. The predicted molar refractivity (Wildman–Crippen MR) is 85.3 cm³/mol. The van der Waals surface area contributed by atoms with Crippen molar-refractivity contribution in [1.82, 2.24) is 10.2 Å². The highest BCUT2D eigenvalue weighted by molar-refractivity contribution is 6.33. The van der Waals surface area contributed by atoms with Crippen molar-refractivity contribution in [2.24, 2.45) is 0 Å². The summed E-state index contributed by atoms with van der Waals surface area (Å²) >= 11 is 5.89. The molecule has 0 saturated carbocycles. The van der Waals surface area contributed by atoms with Gasteiger partial charge in [0.05, 0.1) is 23.4 Å². The number of rotatable bonds is 5. The summed E-state index contributed by atoms with van der Waals surface area (Å²) in [4.78, 5) is 24.9. The normalized spacial score (nSPS) is 9.52. The van der Waals surface area contributed by atoms with Crippen LogP contribution in [0.3, 0.4) is 0 Å². The molecule has 1 aromatic carbocycles. The number of amides is 2. The van der Waals surface area contributed by atoms with Crippen LogP contribution < -0.4 is 15.8 Å². The Hall–Kier alpha value is -1.66. The molecule has 0 aromatic heterocycles. The molecule has 0 fully saturated rings. The van der Waals surface area contributed by atoms with Crippen molar-refractivity contribution in [3.8, 4) is 5.75 Å². The summed E-state index contributed by atoms with van der Waals surface area (Å²) in [5, 5.41) is 2.92. The number of nitrogen functional groups attached to an aromatic ring is 1. The van der Waals surface area contributed by atoms with E-state index in [-0.39, 0.29) is 47.8 Å². The summed E-state index contributed by atoms with van der Waals surface area (Å²) < 4.78 is 5.09. The molecule has 6 nitrogen and oxygen atoms in total. The minimum absolute atomic E-state index is 0. The van der Waals surface area contributed by atoms with Crippen LogP contribution in [-0.2, 0) is 4.79 Å². The monoisotopic (exact) mass is 335 g/mol. The van der Waals surface area contributed by atoms with Crippen LogP contribution in [0.2, 0.25) is 5.02 Å². The number of hydrogen-bond donors (Lipinski definition) is 2. The van der Waals surface area contributed by atoms with E-state index in [2.05, 4.69) is 5.32 Å². The molecule has 0 saturated heterocycles. The molecule has 1 aromatic rings. The topological polar surface area (TPSA) is 84.7 Å². The minimum Gasteiger partial charge on any atom is -0.496 e. The number of ether oxygens (including phenoxy) is 1. The first-order chi connectivity index (χ1) is 9.36. The Labute approximate surface area is 135 Å². The molecule has 2 amide bonds. The quantitative estimate of drug-likeness (QED) is 0.799. The van der Waals surface area contributed by atoms with Crippen molar-refractivity contribution >= 4 is 41.5 Å². The largest absolute Gasteiger partial charge is 0.496 e. The third-order valence-corrected chi connectivity index (χ3v) is 3.01. The minimum atomic E-state index is -0.365. The van der Waals surface area contributed by atoms with Gasteiger partial charge >= 0.3 is 0 Å². The lowest BCUT2D eigenvalue weighted by molar-refractivity contribution is -0.128. The number of nitrogens with zero attached hydrogens (tertiary/aromatic N) is 1. The first-order valence-electron chi connectivity index (χ1n) is 5.98. The van der Waals surface area contributed by atoms with E-state index in [4.69, 9.17) is 22.1 Å². The highest BCUT2D eigenvalue weighted by Gasteiger charge is 2.15. The van der Waals surface area contributed by atoms with Crippen LogP contribution in [0.15, 0.2) is 12.1 Å². The van der Waals surface area contributed by atoms with Crippen LogP contribution in [0.25, 0.3) is 0 Å². The summed E-state index contributed by atoms with van der Waals surface area (Å²) in [5.41, 5.74) is 6.26. The molecule has 0 radical (unpaired) electrons. The maximum Gasteiger partial charge on any atom is 0.255 e. The molecule has 0 spiro atoms. The Bertz CT molecular complexity index is 522. The number of methoxy groups -OCH3 is 1. The van der Waals surface area contributed by atoms with Crippen molar-refractivity contribution in [3.63, 3.8) is 0 Å². The number of hydrogen-bond acceptors (Lipinski definition) is 4. The fourth-order valence-corrected chi connectivity index (χ4v) is 1.68. The van der Waals surface area contributed by atoms with Gasteiger partial charge < -0.3 is 20.7 Å². The van der Waals surface area contributed by atoms with Gasteiger partial charge in [0.25, 0.3) is 5.91 Å². The molecular formula is C13H19Cl2N3O3. The van der Waals surface area contributed by atoms with Gasteiger partial charge in [-0.05, 0) is 6.07 Å². The molecule has 0 aliphatic rings. The number of nitrogens with one attached hydrogen (secondary N) is 1. The number of anilines is 1. The highest BCUT2D eigenvalue weighted by Crippen LogP contribution is 2.28. The maximum absolute atomic E-state index is 12.0. The molecule has 1 rings (SSSR count). The third-order valence-electron chi connectivity index (χ3n) is 2.69. The van der Waals surface area contributed by atoms with Crippen molar-refractivity contribution in [2.45, 2.75) is 6.42 Å². The molecule has 21 heavy (non-hydrogen) atoms. The number of nitrogens with two attached hydrogens (primary N) is 1. The standard InChI is InChI=1S/C13H18ClN3O3.ClH/c1-17(2)12(18)4-5-16-13(19)8-6-9(14)10(15)7-11(8)20-3;/h6-7H,4-5,15H2,1-3H3,(H,16,19);1H. The van der Waals surface area contributed by atoms with Gasteiger partial charge in [-0.25, -0.2) is 0 Å². The maximum atomic E-state index is 12.0. The molecule has 0 bridgehead atoms. The van der Waals surface area contributed by atoms with E-state index in [1.165, 1.54) is 24.1 Å². The fourth-order valence-electron chi connectivity index (χ4n) is 1.52. The van der Waals surface area contributed by atoms with Gasteiger partial charge in [-0.15, -0.1) is 12.4 Å². The number of benzene rings is 1. The summed E-state index contributed by atoms with van der Waals surface area (Å²) in [5.74, 6) is -0.0914. The molecule has 8 heteroatoms. The van der Waals surface area contributed by atoms with Gasteiger partial charge in [0.15, 0.2) is 0 Å². The first kappa shape index (κ1) is 19.3. The van der Waals surface area contributed by atoms with Crippen molar-refractivity contribution < 1.29 is 14.3 Å². The molecule has 118 valence electrons. The van der Waals surface area contributed by atoms with Crippen molar-refractivity contribution in [2.75, 3.05) is 33.5 Å². The summed E-state index contributed by atoms with van der Waals surface area (Å²) in [6.07, 6.45) is 0.226. The Morgan fingerprint density at radius 2 is 2.00 bits per heavy atom. The predicted octanol–water partition coefficient (Wildman–Crippen LogP) is 1.56. The fraction of sp³-hybridized carbons (Fsp3) is 0.385. The average Bonchev–Trinajstić information content (AvgIpc) is 2.40. The van der Waals surface area contributed by atoms with Crippen LogP contribution in [0.5, 0.6) is 5.75 Å². The Morgan fingerprint density at radius 1 is 1.38 bits per heavy atom. The zero-order valence-electron chi connectivity index (χ0n) is 12.1. The third kappa shape index (κ3) is 5.32. The van der Waals surface area contributed by atoms with Gasteiger partial charge in [-0.1, -0.05) is 11.6 Å². The van der Waals surface area contributed by atoms with E-state index in [1.54, 1.807) is 14.1 Å². The zero-order valence-corrected chi connectivity index (χ0v) is 13.7. The highest BCUT2D eigenvalue weighted by atomic mass is 35.5. The molecule has 3 N–H and O–H groups in total. The van der Waals surface area contributed by atoms with Gasteiger partial charge in [-0.3, -0.25) is 9.59 Å². The Kier molecular flexibility index (Phi) is 7.91. The van der Waals surface area contributed by atoms with E-state index in [0.29, 0.717) is 11.4 Å². The number of halogens is 2. The number of carbonyl (C=O) groups is 2. The lowest BCUT2D eigenvalue weighted by Crippen LogP contribution is -2.30. The first-order valence-corrected chi connectivity index (χ1v) is 6.36. The van der Waals surface area contributed by atoms with Crippen LogP contribution in [0, 0.1) is 0 Å². The lowest BCUT2D eigenvalue weighted by Gasteiger charge is -2.12. The lowest BCUT2D eigenvalue weighted by atomic mass is 10.1. The van der Waals surface area contributed by atoms with Gasteiger partial charge in [0, 0.05) is 33.1 Å². The number of carbonyl (C=O) groups excluding carboxylic acids is 2. The second kappa shape index (κ2) is 8.59. The second-order valence-electron chi connectivity index (χ2n) is 4.37.